The lowest BCUT2D eigenvalue weighted by atomic mass is 10.1. The average molecular weight is 350 g/mol. The van der Waals surface area contributed by atoms with Gasteiger partial charge in [-0.2, -0.15) is 0 Å². The lowest BCUT2D eigenvalue weighted by Crippen LogP contribution is -2.21. The summed E-state index contributed by atoms with van der Waals surface area (Å²) in [4.78, 5) is 20.1. The van der Waals surface area contributed by atoms with Gasteiger partial charge >= 0.3 is 0 Å². The summed E-state index contributed by atoms with van der Waals surface area (Å²) in [6.07, 6.45) is 11.4. The molecule has 1 rings (SSSR count). The molecule has 0 fully saturated rings. The number of carbonyl (C=O) groups excluding carboxylic acids is 1. The molecule has 0 radical (unpaired) electrons. The Bertz CT molecular complexity index is 811. The van der Waals surface area contributed by atoms with Gasteiger partial charge in [0.05, 0.1) is 5.69 Å². The van der Waals surface area contributed by atoms with Crippen LogP contribution in [0.1, 0.15) is 36.7 Å². The number of benzene rings is 1. The van der Waals surface area contributed by atoms with Gasteiger partial charge in [0, 0.05) is 17.5 Å². The topological polar surface area (TPSA) is 79.8 Å². The van der Waals surface area contributed by atoms with Gasteiger partial charge in [-0.05, 0) is 57.0 Å². The first-order valence-electron chi connectivity index (χ1n) is 8.32. The van der Waals surface area contributed by atoms with Crippen LogP contribution in [-0.4, -0.2) is 18.1 Å². The minimum atomic E-state index is -0.466. The van der Waals surface area contributed by atoms with E-state index >= 15 is 0 Å². The van der Waals surface area contributed by atoms with Gasteiger partial charge in [0.25, 0.3) is 0 Å². The number of aryl methyl sites for hydroxylation is 1. The summed E-state index contributed by atoms with van der Waals surface area (Å²) in [5.41, 5.74) is 8.88. The number of allylic oxidation sites excluding steroid dienone is 5. The van der Waals surface area contributed by atoms with Crippen LogP contribution < -0.4 is 11.1 Å². The summed E-state index contributed by atoms with van der Waals surface area (Å²) in [6.45, 7) is 11.6. The van der Waals surface area contributed by atoms with Crippen LogP contribution in [0.4, 0.5) is 5.69 Å². The number of nitrogens with two attached hydrogens (primary N) is 1. The quantitative estimate of drug-likeness (QED) is 0.454. The minimum absolute atomic E-state index is 0.406. The Morgan fingerprint density at radius 2 is 1.96 bits per heavy atom. The van der Waals surface area contributed by atoms with Crippen molar-refractivity contribution in [2.75, 3.05) is 0 Å². The van der Waals surface area contributed by atoms with Gasteiger partial charge in [-0.1, -0.05) is 37.0 Å². The average Bonchev–Trinajstić information content (AvgIpc) is 2.60. The minimum Gasteiger partial charge on any atom is -0.366 e. The first-order valence-corrected chi connectivity index (χ1v) is 8.32. The first kappa shape index (κ1) is 20.8. The number of aliphatic imine (C=N–C) groups is 2. The lowest BCUT2D eigenvalue weighted by Gasteiger charge is -2.11. The van der Waals surface area contributed by atoms with Crippen LogP contribution in [0, 0.1) is 6.92 Å². The first-order chi connectivity index (χ1) is 12.4. The van der Waals surface area contributed by atoms with Gasteiger partial charge in [0.15, 0.2) is 0 Å². The third-order valence-electron chi connectivity index (χ3n) is 3.38. The van der Waals surface area contributed by atoms with Crippen LogP contribution in [0.5, 0.6) is 0 Å². The predicted molar refractivity (Wildman–Crippen MR) is 111 cm³/mol. The molecule has 0 bridgehead atoms. The van der Waals surface area contributed by atoms with E-state index < -0.39 is 5.91 Å². The van der Waals surface area contributed by atoms with Crippen LogP contribution >= 0.6 is 0 Å². The van der Waals surface area contributed by atoms with Crippen LogP contribution in [0.25, 0.3) is 0 Å². The smallest absolute Gasteiger partial charge is 0.248 e. The van der Waals surface area contributed by atoms with E-state index in [1.165, 1.54) is 0 Å². The van der Waals surface area contributed by atoms with E-state index in [-0.39, 0.29) is 0 Å². The molecular formula is C21H26N4O. The summed E-state index contributed by atoms with van der Waals surface area (Å²) in [7, 11) is 0. The summed E-state index contributed by atoms with van der Waals surface area (Å²) >= 11 is 0. The van der Waals surface area contributed by atoms with Crippen molar-refractivity contribution in [1.82, 2.24) is 5.32 Å². The molecule has 0 heterocycles. The second-order valence-electron chi connectivity index (χ2n) is 5.44. The monoisotopic (exact) mass is 350 g/mol. The highest BCUT2D eigenvalue weighted by molar-refractivity contribution is 5.94. The van der Waals surface area contributed by atoms with Crippen molar-refractivity contribution >= 4 is 23.8 Å². The molecule has 26 heavy (non-hydrogen) atoms. The van der Waals surface area contributed by atoms with Gasteiger partial charge < -0.3 is 11.1 Å². The summed E-state index contributed by atoms with van der Waals surface area (Å²) in [5.74, 6) is -0.0599. The second-order valence-corrected chi connectivity index (χ2v) is 5.44. The maximum Gasteiger partial charge on any atom is 0.248 e. The van der Waals surface area contributed by atoms with E-state index in [9.17, 15) is 4.79 Å². The standard InChI is InChI=1S/C21H26N4O/c1-6-9-11-17(10-7-2)16(5)24-21(23-8-3)25-19-13-12-18(20(22)26)14-15(19)4/h6-14H,5H2,1-4H3,(H2,22,26)(H,24,25)/b9-6-,10-7-,17-11+,23-8-. The maximum atomic E-state index is 11.3. The van der Waals surface area contributed by atoms with E-state index in [0.29, 0.717) is 22.9 Å². The number of carbonyl (C=O) groups is 1. The Morgan fingerprint density at radius 1 is 1.23 bits per heavy atom. The van der Waals surface area contributed by atoms with Crippen LogP contribution in [0.15, 0.2) is 76.4 Å². The number of amides is 1. The Balaban J connectivity index is 3.18. The van der Waals surface area contributed by atoms with E-state index in [1.807, 2.05) is 58.1 Å². The Morgan fingerprint density at radius 3 is 2.50 bits per heavy atom. The van der Waals surface area contributed by atoms with Crippen molar-refractivity contribution in [3.63, 3.8) is 0 Å². The van der Waals surface area contributed by atoms with Gasteiger partial charge in [-0.3, -0.25) is 4.79 Å². The number of hydrogen-bond acceptors (Lipinski definition) is 2. The van der Waals surface area contributed by atoms with Gasteiger partial charge in [-0.25, -0.2) is 9.98 Å². The third-order valence-corrected chi connectivity index (χ3v) is 3.38. The highest BCUT2D eigenvalue weighted by Gasteiger charge is 2.06. The fourth-order valence-corrected chi connectivity index (χ4v) is 2.10. The molecule has 0 spiro atoms. The van der Waals surface area contributed by atoms with E-state index in [0.717, 1.165) is 11.1 Å². The molecule has 5 heteroatoms. The summed E-state index contributed by atoms with van der Waals surface area (Å²) in [6, 6.07) is 5.10. The molecule has 0 unspecified atom stereocenters. The zero-order chi connectivity index (χ0) is 19.5. The SMILES string of the molecule is C=C(NC(=Nc1ccc(C(N)=O)cc1C)/N=C\C)C(/C=C\C)=C/C=C\C. The fourth-order valence-electron chi connectivity index (χ4n) is 2.10. The van der Waals surface area contributed by atoms with Crippen molar-refractivity contribution in [2.24, 2.45) is 15.7 Å². The van der Waals surface area contributed by atoms with Crippen LogP contribution in [0.2, 0.25) is 0 Å². The lowest BCUT2D eigenvalue weighted by molar-refractivity contribution is 0.1000. The van der Waals surface area contributed by atoms with E-state index in [1.54, 1.807) is 24.4 Å². The van der Waals surface area contributed by atoms with Crippen molar-refractivity contribution < 1.29 is 4.79 Å². The van der Waals surface area contributed by atoms with Crippen molar-refractivity contribution in [3.8, 4) is 0 Å². The zero-order valence-corrected chi connectivity index (χ0v) is 15.8. The third kappa shape index (κ3) is 6.36. The number of guanidine groups is 1. The second kappa shape index (κ2) is 10.6. The molecule has 0 aromatic heterocycles. The highest BCUT2D eigenvalue weighted by atomic mass is 16.1. The van der Waals surface area contributed by atoms with E-state index in [2.05, 4.69) is 21.9 Å². The van der Waals surface area contributed by atoms with Gasteiger partial charge in [0.1, 0.15) is 0 Å². The molecule has 5 nitrogen and oxygen atoms in total. The Kier molecular flexibility index (Phi) is 8.50. The van der Waals surface area contributed by atoms with Gasteiger partial charge in [-0.15, -0.1) is 0 Å². The van der Waals surface area contributed by atoms with Gasteiger partial charge in [0.2, 0.25) is 11.9 Å². The number of primary amides is 1. The number of rotatable bonds is 6. The Hall–Kier alpha value is -3.21. The molecule has 0 saturated carbocycles. The van der Waals surface area contributed by atoms with Crippen molar-refractivity contribution in [3.05, 3.63) is 77.6 Å². The van der Waals surface area contributed by atoms with Crippen molar-refractivity contribution in [1.29, 1.82) is 0 Å². The molecule has 1 amide bonds. The number of nitrogens with one attached hydrogen (secondary N) is 1. The summed E-state index contributed by atoms with van der Waals surface area (Å²) in [5, 5.41) is 3.14. The van der Waals surface area contributed by atoms with Crippen LogP contribution in [-0.2, 0) is 0 Å². The number of hydrogen-bond donors (Lipinski definition) is 2. The molecule has 136 valence electrons. The normalized spacial score (nSPS) is 13.1. The molecule has 3 N–H and O–H groups in total. The zero-order valence-electron chi connectivity index (χ0n) is 15.8. The predicted octanol–water partition coefficient (Wildman–Crippen LogP) is 4.35. The molecule has 0 aliphatic carbocycles. The van der Waals surface area contributed by atoms with E-state index in [4.69, 9.17) is 5.73 Å². The molecule has 0 aliphatic rings. The van der Waals surface area contributed by atoms with Crippen LogP contribution in [0.3, 0.4) is 0 Å². The number of nitrogens with zero attached hydrogens (tertiary/aromatic N) is 2. The highest BCUT2D eigenvalue weighted by Crippen LogP contribution is 2.20. The maximum absolute atomic E-state index is 11.3. The molecule has 0 atom stereocenters. The Labute approximate surface area is 155 Å². The molecule has 1 aromatic carbocycles. The fraction of sp³-hybridized carbons (Fsp3) is 0.190. The molecule has 0 saturated heterocycles. The molecule has 1 aromatic rings. The van der Waals surface area contributed by atoms with Crippen molar-refractivity contribution in [2.45, 2.75) is 27.7 Å². The summed E-state index contributed by atoms with van der Waals surface area (Å²) < 4.78 is 0. The largest absolute Gasteiger partial charge is 0.366 e. The molecule has 0 aliphatic heterocycles. The molecular weight excluding hydrogens is 324 g/mol.